The van der Waals surface area contributed by atoms with Crippen molar-refractivity contribution in [3.05, 3.63) is 121 Å². The largest absolute Gasteiger partial charge is 0.416 e. The fourth-order valence-electron chi connectivity index (χ4n) is 8.39. The van der Waals surface area contributed by atoms with Crippen LogP contribution in [-0.4, -0.2) is 145 Å². The molecule has 4 aromatic carbocycles. The molecule has 0 spiro atoms. The number of ether oxygens (including phenoxy) is 10. The van der Waals surface area contributed by atoms with Gasteiger partial charge >= 0.3 is 12.2 Å². The van der Waals surface area contributed by atoms with E-state index in [0.717, 1.165) is 22.5 Å². The Labute approximate surface area is 419 Å². The van der Waals surface area contributed by atoms with Crippen molar-refractivity contribution in [1.29, 1.82) is 0 Å². The smallest absolute Gasteiger partial charge is 0.414 e. The highest BCUT2D eigenvalue weighted by Gasteiger charge is 2.49. The zero-order chi connectivity index (χ0) is 51.3. The molecule has 384 valence electrons. The second-order valence-corrected chi connectivity index (χ2v) is 17.0. The lowest BCUT2D eigenvalue weighted by Crippen LogP contribution is -2.60. The molecular weight excluding hydrogens is 929 g/mol. The molecule has 0 unspecified atom stereocenters. The molecule has 6 aromatic rings. The van der Waals surface area contributed by atoms with Crippen LogP contribution in [0.1, 0.15) is 38.8 Å². The van der Waals surface area contributed by atoms with Crippen molar-refractivity contribution in [2.24, 2.45) is 0 Å². The van der Waals surface area contributed by atoms with Crippen LogP contribution >= 0.6 is 0 Å². The van der Waals surface area contributed by atoms with Gasteiger partial charge in [-0.15, -0.1) is 10.2 Å². The minimum atomic E-state index is -0.956. The van der Waals surface area contributed by atoms with E-state index in [4.69, 9.17) is 47.4 Å². The Morgan fingerprint density at radius 2 is 0.861 bits per heavy atom. The molecule has 4 heterocycles. The van der Waals surface area contributed by atoms with Crippen LogP contribution in [0.2, 0.25) is 0 Å². The van der Waals surface area contributed by atoms with Gasteiger partial charge in [-0.2, -0.15) is 0 Å². The van der Waals surface area contributed by atoms with Crippen LogP contribution in [-0.2, 0) is 47.4 Å². The van der Waals surface area contributed by atoms with Crippen molar-refractivity contribution in [2.75, 3.05) is 52.3 Å². The third-order valence-electron chi connectivity index (χ3n) is 12.1. The lowest BCUT2D eigenvalue weighted by Gasteiger charge is -2.43. The number of methoxy groups -OCH3 is 4. The molecule has 20 nitrogen and oxygen atoms in total. The third kappa shape index (κ3) is 13.1. The van der Waals surface area contributed by atoms with Crippen LogP contribution in [0.5, 0.6) is 0 Å². The number of hydrogen-bond acceptors (Lipinski definition) is 16. The first kappa shape index (κ1) is 53.2. The molecular formula is C52H64N8O12. The molecule has 2 aliphatic heterocycles. The van der Waals surface area contributed by atoms with Crippen molar-refractivity contribution in [1.82, 2.24) is 29.5 Å². The number of benzene rings is 4. The molecule has 2 amide bonds. The maximum atomic E-state index is 12.6. The normalized spacial score (nSPS) is 23.9. The number of carbonyl (C=O) groups is 2. The van der Waals surface area contributed by atoms with Gasteiger partial charge in [0.25, 0.3) is 0 Å². The average molecular weight is 993 g/mol. The van der Waals surface area contributed by atoms with Gasteiger partial charge in [0, 0.05) is 64.2 Å². The molecule has 0 aliphatic carbocycles. The summed E-state index contributed by atoms with van der Waals surface area (Å²) in [5.41, 5.74) is 6.94. The molecule has 20 heteroatoms. The van der Waals surface area contributed by atoms with Gasteiger partial charge in [0.15, 0.2) is 11.6 Å². The van der Waals surface area contributed by atoms with E-state index in [1.165, 1.54) is 25.3 Å². The number of rotatable bonds is 16. The number of hydrogen-bond donors (Lipinski definition) is 2. The van der Waals surface area contributed by atoms with Gasteiger partial charge in [0.2, 0.25) is 12.6 Å². The van der Waals surface area contributed by atoms with Gasteiger partial charge in [-0.3, -0.25) is 10.6 Å². The monoisotopic (exact) mass is 992 g/mol. The summed E-state index contributed by atoms with van der Waals surface area (Å²) in [5, 5.41) is 14.5. The van der Waals surface area contributed by atoms with Crippen LogP contribution in [0.4, 0.5) is 21.0 Å². The number of aromatic nitrogens is 6. The Kier molecular flexibility index (Phi) is 18.6. The molecule has 10 atom stereocenters. The van der Waals surface area contributed by atoms with Crippen molar-refractivity contribution in [3.8, 4) is 34.2 Å². The van der Waals surface area contributed by atoms with Gasteiger partial charge in [0.05, 0.1) is 23.6 Å². The zero-order valence-electron chi connectivity index (χ0n) is 42.2. The van der Waals surface area contributed by atoms with E-state index in [1.807, 2.05) is 114 Å². The van der Waals surface area contributed by atoms with E-state index in [-0.39, 0.29) is 24.4 Å². The highest BCUT2D eigenvalue weighted by molar-refractivity contribution is 5.85. The van der Waals surface area contributed by atoms with Crippen LogP contribution < -0.4 is 10.6 Å². The predicted molar refractivity (Wildman–Crippen MR) is 266 cm³/mol. The Morgan fingerprint density at radius 1 is 0.514 bits per heavy atom. The van der Waals surface area contributed by atoms with E-state index >= 15 is 0 Å². The van der Waals surface area contributed by atoms with Gasteiger partial charge in [-0.05, 0) is 114 Å². The minimum absolute atomic E-state index is 0.353. The highest BCUT2D eigenvalue weighted by Crippen LogP contribution is 2.30. The summed E-state index contributed by atoms with van der Waals surface area (Å²) in [6.45, 7) is 12.4. The van der Waals surface area contributed by atoms with Gasteiger partial charge < -0.3 is 47.4 Å². The summed E-state index contributed by atoms with van der Waals surface area (Å²) in [4.78, 5) is 34.1. The summed E-state index contributed by atoms with van der Waals surface area (Å²) in [7, 11) is 6.21. The molecule has 2 aliphatic rings. The van der Waals surface area contributed by atoms with Crippen LogP contribution in [0, 0.1) is 13.8 Å². The minimum Gasteiger partial charge on any atom is -0.416 e. The third-order valence-corrected chi connectivity index (χ3v) is 12.1. The number of aryl methyl sites for hydroxylation is 2. The summed E-state index contributed by atoms with van der Waals surface area (Å²) in [6, 6.07) is 30.4. The fraction of sp³-hybridized carbons (Fsp3) is 0.423. The number of nitrogens with zero attached hydrogens (tertiary/aromatic N) is 6. The Morgan fingerprint density at radius 3 is 1.18 bits per heavy atom. The van der Waals surface area contributed by atoms with Crippen LogP contribution in [0.15, 0.2) is 110 Å². The topological polar surface area (TPSA) is 212 Å². The summed E-state index contributed by atoms with van der Waals surface area (Å²) in [6.07, 6.45) is -3.52. The van der Waals surface area contributed by atoms with Crippen LogP contribution in [0.25, 0.3) is 34.2 Å². The van der Waals surface area contributed by atoms with E-state index < -0.39 is 49.2 Å². The van der Waals surface area contributed by atoms with Crippen molar-refractivity contribution in [2.45, 2.75) is 103 Å². The Bertz CT molecular complexity index is 2450. The SMILES string of the molecule is CCO[C@@H]1[C@@H](OC)[C@H](C)O[C@@H](OC(=O)Nc2ccc(-c3ncn(-c4ccc(C)cc4)n3)cc2)[C@@H]1OC.CCO[C@@H]1[C@@H](OC)[C@H](C)O[C@H](OC(=O)Nc2ccc(-c3ncn(-c4ccc(C)cc4)n3)cc2)[C@@H]1OC. The predicted octanol–water partition coefficient (Wildman–Crippen LogP) is 7.94. The molecule has 2 aromatic heterocycles. The van der Waals surface area contributed by atoms with E-state index in [2.05, 4.69) is 30.8 Å². The van der Waals surface area contributed by atoms with Crippen molar-refractivity contribution < 1.29 is 57.0 Å². The second kappa shape index (κ2) is 25.2. The van der Waals surface area contributed by atoms with Gasteiger partial charge in [-0.1, -0.05) is 35.4 Å². The number of nitrogens with one attached hydrogen (secondary N) is 2. The quantitative estimate of drug-likeness (QED) is 0.0942. The van der Waals surface area contributed by atoms with E-state index in [9.17, 15) is 9.59 Å². The van der Waals surface area contributed by atoms with Crippen LogP contribution in [0.3, 0.4) is 0 Å². The first-order valence-electron chi connectivity index (χ1n) is 23.7. The summed E-state index contributed by atoms with van der Waals surface area (Å²) in [5.74, 6) is 1.15. The van der Waals surface area contributed by atoms with Gasteiger partial charge in [-0.25, -0.2) is 28.9 Å². The highest BCUT2D eigenvalue weighted by atomic mass is 16.7. The summed E-state index contributed by atoms with van der Waals surface area (Å²) < 4.78 is 60.1. The summed E-state index contributed by atoms with van der Waals surface area (Å²) >= 11 is 0. The van der Waals surface area contributed by atoms with Crippen molar-refractivity contribution in [3.63, 3.8) is 0 Å². The Balaban J connectivity index is 0.000000211. The molecule has 0 bridgehead atoms. The molecule has 0 radical (unpaired) electrons. The van der Waals surface area contributed by atoms with Crippen molar-refractivity contribution >= 4 is 23.6 Å². The lowest BCUT2D eigenvalue weighted by atomic mass is 9.99. The maximum absolute atomic E-state index is 12.6. The second-order valence-electron chi connectivity index (χ2n) is 17.0. The molecule has 0 saturated carbocycles. The maximum Gasteiger partial charge on any atom is 0.414 e. The number of anilines is 2. The molecule has 2 saturated heterocycles. The van der Waals surface area contributed by atoms with E-state index in [1.54, 1.807) is 60.5 Å². The first-order chi connectivity index (χ1) is 34.9. The van der Waals surface area contributed by atoms with Gasteiger partial charge in [0.1, 0.15) is 49.3 Å². The first-order valence-corrected chi connectivity index (χ1v) is 23.7. The number of carbonyl (C=O) groups excluding carboxylic acids is 2. The number of amides is 2. The zero-order valence-corrected chi connectivity index (χ0v) is 42.2. The molecule has 8 rings (SSSR count). The fourth-order valence-corrected chi connectivity index (χ4v) is 8.39. The molecule has 2 N–H and O–H groups in total. The molecule has 2 fully saturated rings. The molecule has 72 heavy (non-hydrogen) atoms. The van der Waals surface area contributed by atoms with E-state index in [0.29, 0.717) is 36.2 Å². The average Bonchev–Trinajstić information content (AvgIpc) is 4.08. The standard InChI is InChI=1S/2C26H32N4O6/c2*1-6-34-22-21(32-4)17(3)35-25(23(22)33-5)36-26(31)28-19-11-9-18(10-12-19)24-27-15-30(29-24)20-13-7-16(2)8-14-20/h2*7-15,17,21-23,25H,6H2,1-5H3,(H,28,31)/t17-,21-,22+,23+,25+;17-,21-,22+,23+,25-/m00/s1. The lowest BCUT2D eigenvalue weighted by molar-refractivity contribution is -0.292. The Hall–Kier alpha value is -6.62.